The number of primary sulfonamides is 1. The molecule has 1 aromatic rings. The Bertz CT molecular complexity index is 558. The Kier molecular flexibility index (Phi) is 3.90. The van der Waals surface area contributed by atoms with Gasteiger partial charge in [0.05, 0.1) is 0 Å². The summed E-state index contributed by atoms with van der Waals surface area (Å²) in [5.41, 5.74) is -3.31. The van der Waals surface area contributed by atoms with Gasteiger partial charge < -0.3 is 5.11 Å². The van der Waals surface area contributed by atoms with Crippen LogP contribution in [-0.4, -0.2) is 34.9 Å². The topological polar surface area (TPSA) is 106 Å². The molecule has 6 nitrogen and oxygen atoms in total. The Morgan fingerprint density at radius 1 is 1.32 bits per heavy atom. The van der Waals surface area contributed by atoms with Crippen LogP contribution in [-0.2, 0) is 15.6 Å². The maximum Gasteiger partial charge on any atom is 0.425 e. The van der Waals surface area contributed by atoms with E-state index in [9.17, 15) is 26.7 Å². The molecule has 0 aliphatic carbocycles. The lowest BCUT2D eigenvalue weighted by atomic mass is 9.98. The summed E-state index contributed by atoms with van der Waals surface area (Å²) in [5, 5.41) is 12.1. The number of hydrogen-bond acceptors (Lipinski definition) is 5. The molecule has 0 spiro atoms. The van der Waals surface area contributed by atoms with Crippen LogP contribution in [0.4, 0.5) is 13.2 Å². The molecule has 19 heavy (non-hydrogen) atoms. The predicted molar refractivity (Wildman–Crippen MR) is 59.3 cm³/mol. The van der Waals surface area contributed by atoms with Crippen molar-refractivity contribution in [2.24, 2.45) is 5.14 Å². The lowest BCUT2D eigenvalue weighted by Gasteiger charge is -2.32. The van der Waals surface area contributed by atoms with Gasteiger partial charge in [0, 0.05) is 12.4 Å². The molecule has 3 N–H and O–H groups in total. The van der Waals surface area contributed by atoms with E-state index in [1.165, 1.54) is 6.92 Å². The van der Waals surface area contributed by atoms with Gasteiger partial charge in [-0.3, -0.25) is 0 Å². The van der Waals surface area contributed by atoms with E-state index < -0.39 is 32.9 Å². The Balaban J connectivity index is 3.50. The summed E-state index contributed by atoms with van der Waals surface area (Å²) in [6.45, 7) is 2.17. The van der Waals surface area contributed by atoms with Gasteiger partial charge in [-0.15, -0.1) is 0 Å². The fourth-order valence-electron chi connectivity index (χ4n) is 1.37. The molecule has 0 saturated carbocycles. The van der Waals surface area contributed by atoms with E-state index in [0.29, 0.717) is 12.5 Å². The molecule has 0 aliphatic rings. The van der Waals surface area contributed by atoms with Crippen molar-refractivity contribution in [3.63, 3.8) is 0 Å². The molecule has 10 heteroatoms. The average molecular weight is 299 g/mol. The van der Waals surface area contributed by atoms with E-state index in [-0.39, 0.29) is 0 Å². The van der Waals surface area contributed by atoms with Gasteiger partial charge in [-0.25, -0.2) is 23.5 Å². The first-order valence-electron chi connectivity index (χ1n) is 5.00. The smallest absolute Gasteiger partial charge is 0.373 e. The van der Waals surface area contributed by atoms with Gasteiger partial charge in [-0.2, -0.15) is 13.2 Å². The standard InChI is InChI=1S/C9H12F3N3O3S/c1-5-3-14-7(15-4-5)8(16,9(10,11)12)6(2)19(13,17)18/h3-4,6,16H,1-2H3,(H2,13,17,18)/t6-,8?/m0/s1. The van der Waals surface area contributed by atoms with Crippen molar-refractivity contribution < 1.29 is 26.7 Å². The second-order valence-corrected chi connectivity index (χ2v) is 5.96. The number of halogens is 3. The van der Waals surface area contributed by atoms with E-state index in [4.69, 9.17) is 0 Å². The van der Waals surface area contributed by atoms with Gasteiger partial charge in [0.2, 0.25) is 15.6 Å². The summed E-state index contributed by atoms with van der Waals surface area (Å²) in [5.74, 6) is -1.06. The molecule has 0 amide bonds. The second-order valence-electron chi connectivity index (χ2n) is 4.08. The largest absolute Gasteiger partial charge is 0.425 e. The molecule has 0 aliphatic heterocycles. The maximum atomic E-state index is 13.0. The zero-order valence-corrected chi connectivity index (χ0v) is 10.8. The van der Waals surface area contributed by atoms with Crippen LogP contribution in [0, 0.1) is 6.92 Å². The number of aryl methyl sites for hydroxylation is 1. The molecule has 0 fully saturated rings. The van der Waals surface area contributed by atoms with Crippen LogP contribution in [0.1, 0.15) is 18.3 Å². The summed E-state index contributed by atoms with van der Waals surface area (Å²) in [6, 6.07) is 0. The van der Waals surface area contributed by atoms with E-state index in [2.05, 4.69) is 15.1 Å². The van der Waals surface area contributed by atoms with Crippen molar-refractivity contribution in [2.45, 2.75) is 30.9 Å². The highest BCUT2D eigenvalue weighted by Crippen LogP contribution is 2.41. The van der Waals surface area contributed by atoms with Crippen LogP contribution >= 0.6 is 0 Å². The monoisotopic (exact) mass is 299 g/mol. The van der Waals surface area contributed by atoms with Crippen LogP contribution in [0.25, 0.3) is 0 Å². The van der Waals surface area contributed by atoms with E-state index in [1.807, 2.05) is 0 Å². The number of nitrogens with two attached hydrogens (primary N) is 1. The summed E-state index contributed by atoms with van der Waals surface area (Å²) in [7, 11) is -4.65. The first-order chi connectivity index (χ1) is 8.40. The number of alkyl halides is 3. The van der Waals surface area contributed by atoms with Crippen molar-refractivity contribution >= 4 is 10.0 Å². The van der Waals surface area contributed by atoms with Gasteiger partial charge in [-0.05, 0) is 19.4 Å². The molecular formula is C9H12F3N3O3S. The Hall–Kier alpha value is -1.26. The number of nitrogens with zero attached hydrogens (tertiary/aromatic N) is 2. The van der Waals surface area contributed by atoms with Crippen LogP contribution in [0.3, 0.4) is 0 Å². The normalized spacial score (nSPS) is 17.8. The molecule has 1 aromatic heterocycles. The van der Waals surface area contributed by atoms with Crippen LogP contribution in [0.5, 0.6) is 0 Å². The Morgan fingerprint density at radius 2 is 1.74 bits per heavy atom. The number of aromatic nitrogens is 2. The minimum Gasteiger partial charge on any atom is -0.373 e. The number of hydrogen-bond donors (Lipinski definition) is 2. The number of rotatable bonds is 3. The van der Waals surface area contributed by atoms with Crippen molar-refractivity contribution in [1.29, 1.82) is 0 Å². The molecule has 0 saturated heterocycles. The van der Waals surface area contributed by atoms with Crippen molar-refractivity contribution in [2.75, 3.05) is 0 Å². The SMILES string of the molecule is Cc1cnc(C(O)([C@H](C)S(N)(=O)=O)C(F)(F)F)nc1. The third kappa shape index (κ3) is 2.85. The van der Waals surface area contributed by atoms with Crippen molar-refractivity contribution in [3.8, 4) is 0 Å². The second kappa shape index (κ2) is 4.69. The fourth-order valence-corrected chi connectivity index (χ4v) is 2.08. The third-order valence-electron chi connectivity index (χ3n) is 2.64. The minimum absolute atomic E-state index is 0.455. The fraction of sp³-hybridized carbons (Fsp3) is 0.556. The molecular weight excluding hydrogens is 287 g/mol. The van der Waals surface area contributed by atoms with Gasteiger partial charge in [0.15, 0.2) is 5.82 Å². The van der Waals surface area contributed by atoms with Gasteiger partial charge in [-0.1, -0.05) is 0 Å². The summed E-state index contributed by atoms with van der Waals surface area (Å²) in [6.07, 6.45) is -3.22. The Labute approximate surface area is 107 Å². The highest BCUT2D eigenvalue weighted by molar-refractivity contribution is 7.89. The lowest BCUT2D eigenvalue weighted by molar-refractivity contribution is -0.268. The minimum atomic E-state index is -5.30. The molecule has 0 radical (unpaired) electrons. The van der Waals surface area contributed by atoms with Crippen molar-refractivity contribution in [3.05, 3.63) is 23.8 Å². The van der Waals surface area contributed by atoms with Gasteiger partial charge in [0.1, 0.15) is 5.25 Å². The number of sulfonamides is 1. The zero-order valence-electron chi connectivity index (χ0n) is 10.0. The maximum absolute atomic E-state index is 13.0. The van der Waals surface area contributed by atoms with E-state index in [0.717, 1.165) is 12.4 Å². The molecule has 1 heterocycles. The molecule has 108 valence electrons. The van der Waals surface area contributed by atoms with Crippen LogP contribution < -0.4 is 5.14 Å². The van der Waals surface area contributed by atoms with Gasteiger partial charge >= 0.3 is 6.18 Å². The first kappa shape index (κ1) is 15.8. The number of aliphatic hydroxyl groups is 1. The van der Waals surface area contributed by atoms with E-state index in [1.54, 1.807) is 0 Å². The molecule has 1 unspecified atom stereocenters. The average Bonchev–Trinajstić information content (AvgIpc) is 2.25. The van der Waals surface area contributed by atoms with Crippen LogP contribution in [0.15, 0.2) is 12.4 Å². The summed E-state index contributed by atoms with van der Waals surface area (Å²) in [4.78, 5) is 6.70. The zero-order chi connectivity index (χ0) is 15.1. The highest BCUT2D eigenvalue weighted by atomic mass is 32.2. The summed E-state index contributed by atoms with van der Waals surface area (Å²) >= 11 is 0. The third-order valence-corrected chi connectivity index (χ3v) is 3.96. The molecule has 2 atom stereocenters. The summed E-state index contributed by atoms with van der Waals surface area (Å²) < 4.78 is 61.3. The van der Waals surface area contributed by atoms with Gasteiger partial charge in [0.25, 0.3) is 0 Å². The Morgan fingerprint density at radius 3 is 2.05 bits per heavy atom. The molecule has 0 bridgehead atoms. The first-order valence-corrected chi connectivity index (χ1v) is 6.61. The lowest BCUT2D eigenvalue weighted by Crippen LogP contribution is -2.55. The predicted octanol–water partition coefficient (Wildman–Crippen LogP) is 0.212. The molecule has 0 aromatic carbocycles. The molecule has 1 rings (SSSR count). The van der Waals surface area contributed by atoms with E-state index >= 15 is 0 Å². The van der Waals surface area contributed by atoms with Crippen LogP contribution in [0.2, 0.25) is 0 Å². The van der Waals surface area contributed by atoms with Crippen molar-refractivity contribution in [1.82, 2.24) is 9.97 Å². The quantitative estimate of drug-likeness (QED) is 0.830. The highest BCUT2D eigenvalue weighted by Gasteiger charge is 2.63.